The van der Waals surface area contributed by atoms with Crippen molar-refractivity contribution in [2.75, 3.05) is 13.7 Å². The van der Waals surface area contributed by atoms with E-state index in [0.29, 0.717) is 29.6 Å². The van der Waals surface area contributed by atoms with Gasteiger partial charge in [-0.1, -0.05) is 45.7 Å². The zero-order valence-electron chi connectivity index (χ0n) is 17.7. The Bertz CT molecular complexity index is 779. The molecule has 0 bridgehead atoms. The monoisotopic (exact) mass is 401 g/mol. The van der Waals surface area contributed by atoms with Crippen molar-refractivity contribution < 1.29 is 19.1 Å². The number of benzene rings is 1. The van der Waals surface area contributed by atoms with E-state index in [9.17, 15) is 14.4 Å². The lowest BCUT2D eigenvalue weighted by atomic mass is 9.78. The maximum Gasteiger partial charge on any atom is 0.325 e. The number of urea groups is 1. The summed E-state index contributed by atoms with van der Waals surface area (Å²) in [6.45, 7) is 5.93. The number of imide groups is 1. The minimum Gasteiger partial charge on any atom is -0.497 e. The molecule has 1 saturated carbocycles. The van der Waals surface area contributed by atoms with Crippen molar-refractivity contribution in [2.45, 2.75) is 58.0 Å². The summed E-state index contributed by atoms with van der Waals surface area (Å²) in [7, 11) is 1.57. The molecule has 4 amide bonds. The van der Waals surface area contributed by atoms with Crippen LogP contribution in [0.3, 0.4) is 0 Å². The molecule has 0 unspecified atom stereocenters. The summed E-state index contributed by atoms with van der Waals surface area (Å²) in [6, 6.07) is 6.61. The quantitative estimate of drug-likeness (QED) is 0.718. The maximum atomic E-state index is 13.2. The number of rotatable bonds is 6. The van der Waals surface area contributed by atoms with Gasteiger partial charge in [-0.3, -0.25) is 14.5 Å². The molecule has 158 valence electrons. The van der Waals surface area contributed by atoms with E-state index in [1.165, 1.54) is 6.42 Å². The van der Waals surface area contributed by atoms with E-state index in [0.717, 1.165) is 17.7 Å². The zero-order valence-corrected chi connectivity index (χ0v) is 17.7. The number of hydrogen-bond donors (Lipinski definition) is 2. The molecule has 7 heteroatoms. The fourth-order valence-electron chi connectivity index (χ4n) is 4.47. The molecule has 1 aliphatic carbocycles. The Balaban J connectivity index is 1.72. The van der Waals surface area contributed by atoms with Gasteiger partial charge in [0.2, 0.25) is 5.91 Å². The Kier molecular flexibility index (Phi) is 6.15. The molecule has 0 spiro atoms. The first-order chi connectivity index (χ1) is 13.8. The van der Waals surface area contributed by atoms with E-state index < -0.39 is 17.5 Å². The first-order valence-electron chi connectivity index (χ1n) is 10.4. The van der Waals surface area contributed by atoms with Gasteiger partial charge in [-0.15, -0.1) is 0 Å². The summed E-state index contributed by atoms with van der Waals surface area (Å²) in [5.41, 5.74) is -0.479. The van der Waals surface area contributed by atoms with E-state index in [4.69, 9.17) is 4.74 Å². The van der Waals surface area contributed by atoms with E-state index in [1.54, 1.807) is 31.4 Å². The van der Waals surface area contributed by atoms with Gasteiger partial charge in [0, 0.05) is 6.04 Å². The Labute approximate surface area is 172 Å². The van der Waals surface area contributed by atoms with Crippen molar-refractivity contribution in [2.24, 2.45) is 11.8 Å². The Morgan fingerprint density at radius 3 is 2.55 bits per heavy atom. The van der Waals surface area contributed by atoms with E-state index in [2.05, 4.69) is 24.5 Å². The average molecular weight is 402 g/mol. The summed E-state index contributed by atoms with van der Waals surface area (Å²) in [5.74, 6) is 0.915. The minimum atomic E-state index is -1.16. The summed E-state index contributed by atoms with van der Waals surface area (Å²) in [6.07, 6.45) is 3.57. The maximum absolute atomic E-state index is 13.2. The molecule has 4 atom stereocenters. The van der Waals surface area contributed by atoms with Crippen LogP contribution in [0.2, 0.25) is 0 Å². The largest absolute Gasteiger partial charge is 0.497 e. The van der Waals surface area contributed by atoms with Gasteiger partial charge in [-0.2, -0.15) is 0 Å². The van der Waals surface area contributed by atoms with Crippen molar-refractivity contribution >= 4 is 17.8 Å². The predicted octanol–water partition coefficient (Wildman–Crippen LogP) is 2.79. The molecule has 2 N–H and O–H groups in total. The summed E-state index contributed by atoms with van der Waals surface area (Å²) < 4.78 is 5.17. The third kappa shape index (κ3) is 3.95. The van der Waals surface area contributed by atoms with Gasteiger partial charge in [0.25, 0.3) is 5.91 Å². The second-order valence-electron chi connectivity index (χ2n) is 8.25. The van der Waals surface area contributed by atoms with Crippen LogP contribution in [0.25, 0.3) is 0 Å². The van der Waals surface area contributed by atoms with Crippen molar-refractivity contribution in [3.05, 3.63) is 29.8 Å². The summed E-state index contributed by atoms with van der Waals surface area (Å²) in [5, 5.41) is 5.85. The zero-order chi connectivity index (χ0) is 21.2. The van der Waals surface area contributed by atoms with E-state index in [1.807, 2.05) is 6.92 Å². The molecule has 1 heterocycles. The third-order valence-electron chi connectivity index (χ3n) is 6.64. The molecule has 1 aromatic carbocycles. The minimum absolute atomic E-state index is 0.0875. The highest BCUT2D eigenvalue weighted by Gasteiger charge is 2.51. The molecule has 1 aliphatic heterocycles. The molecule has 7 nitrogen and oxygen atoms in total. The van der Waals surface area contributed by atoms with Gasteiger partial charge < -0.3 is 15.4 Å². The number of ether oxygens (including phenoxy) is 1. The highest BCUT2D eigenvalue weighted by molar-refractivity contribution is 6.09. The van der Waals surface area contributed by atoms with E-state index >= 15 is 0 Å². The fraction of sp³-hybridized carbons (Fsp3) is 0.591. The molecule has 0 aromatic heterocycles. The fourth-order valence-corrected chi connectivity index (χ4v) is 4.47. The second-order valence-corrected chi connectivity index (χ2v) is 8.25. The molecule has 0 radical (unpaired) electrons. The average Bonchev–Trinajstić information content (AvgIpc) is 2.96. The molecule has 3 rings (SSSR count). The number of hydrogen-bond acceptors (Lipinski definition) is 4. The number of nitrogens with one attached hydrogen (secondary N) is 2. The molecule has 29 heavy (non-hydrogen) atoms. The predicted molar refractivity (Wildman–Crippen MR) is 109 cm³/mol. The molecule has 2 aliphatic rings. The number of methoxy groups -OCH3 is 1. The van der Waals surface area contributed by atoms with Crippen LogP contribution in [-0.4, -0.2) is 42.4 Å². The lowest BCUT2D eigenvalue weighted by Gasteiger charge is -2.34. The lowest BCUT2D eigenvalue weighted by Crippen LogP contribution is -2.49. The normalized spacial score (nSPS) is 29.5. The first-order valence-corrected chi connectivity index (χ1v) is 10.4. The number of carbonyl (C=O) groups is 3. The Morgan fingerprint density at radius 1 is 1.24 bits per heavy atom. The Morgan fingerprint density at radius 2 is 1.93 bits per heavy atom. The van der Waals surface area contributed by atoms with Gasteiger partial charge in [0.15, 0.2) is 0 Å². The second kappa shape index (κ2) is 8.43. The standard InChI is InChI=1S/C22H31N3O4/c1-5-22(16-9-11-17(29-4)12-10-16)20(27)25(21(28)24-22)13-19(26)23-18-8-6-7-14(2)15(18)3/h9-12,14-15,18H,5-8,13H2,1-4H3,(H,23,26)(H,24,28)/t14-,15-,18-,22+/m0/s1. The number of amides is 4. The van der Waals surface area contributed by atoms with Crippen LogP contribution in [0.15, 0.2) is 24.3 Å². The smallest absolute Gasteiger partial charge is 0.325 e. The van der Waals surface area contributed by atoms with Gasteiger partial charge in [0.1, 0.15) is 17.8 Å². The summed E-state index contributed by atoms with van der Waals surface area (Å²) >= 11 is 0. The highest BCUT2D eigenvalue weighted by Crippen LogP contribution is 2.33. The lowest BCUT2D eigenvalue weighted by molar-refractivity contribution is -0.135. The Hall–Kier alpha value is -2.57. The number of nitrogens with zero attached hydrogens (tertiary/aromatic N) is 1. The SMILES string of the molecule is CC[C@]1(c2ccc(OC)cc2)NC(=O)N(CC(=O)N[C@H]2CCC[C@H](C)[C@@H]2C)C1=O. The van der Waals surface area contributed by atoms with E-state index in [-0.39, 0.29) is 18.5 Å². The van der Waals surface area contributed by atoms with Crippen LogP contribution < -0.4 is 15.4 Å². The number of carbonyl (C=O) groups excluding carboxylic acids is 3. The van der Waals surface area contributed by atoms with Gasteiger partial charge in [-0.25, -0.2) is 4.79 Å². The van der Waals surface area contributed by atoms with Crippen LogP contribution in [-0.2, 0) is 15.1 Å². The van der Waals surface area contributed by atoms with Crippen molar-refractivity contribution in [1.29, 1.82) is 0 Å². The topological polar surface area (TPSA) is 87.7 Å². The summed E-state index contributed by atoms with van der Waals surface area (Å²) in [4.78, 5) is 39.4. The van der Waals surface area contributed by atoms with Crippen LogP contribution >= 0.6 is 0 Å². The van der Waals surface area contributed by atoms with Crippen LogP contribution in [0, 0.1) is 11.8 Å². The highest BCUT2D eigenvalue weighted by atomic mass is 16.5. The first kappa shape index (κ1) is 21.1. The van der Waals surface area contributed by atoms with Crippen LogP contribution in [0.4, 0.5) is 4.79 Å². The van der Waals surface area contributed by atoms with Crippen LogP contribution in [0.1, 0.15) is 52.0 Å². The van der Waals surface area contributed by atoms with Crippen molar-refractivity contribution in [1.82, 2.24) is 15.5 Å². The van der Waals surface area contributed by atoms with Crippen molar-refractivity contribution in [3.63, 3.8) is 0 Å². The molecule has 2 fully saturated rings. The molecule has 1 saturated heterocycles. The van der Waals surface area contributed by atoms with Gasteiger partial charge in [-0.05, 0) is 42.4 Å². The molecular formula is C22H31N3O4. The van der Waals surface area contributed by atoms with Gasteiger partial charge >= 0.3 is 6.03 Å². The van der Waals surface area contributed by atoms with Gasteiger partial charge in [0.05, 0.1) is 7.11 Å². The molecule has 1 aromatic rings. The van der Waals surface area contributed by atoms with Crippen LogP contribution in [0.5, 0.6) is 5.75 Å². The van der Waals surface area contributed by atoms with Crippen molar-refractivity contribution in [3.8, 4) is 5.75 Å². The molecular weight excluding hydrogens is 370 g/mol. The third-order valence-corrected chi connectivity index (χ3v) is 6.64.